The molecular weight excluding hydrogens is 399 g/mol. The summed E-state index contributed by atoms with van der Waals surface area (Å²) in [5.74, 6) is -0.858. The number of alkyl halides is 3. The molecule has 9 heteroatoms. The second-order valence-electron chi connectivity index (χ2n) is 6.38. The molecule has 0 fully saturated rings. The van der Waals surface area contributed by atoms with Gasteiger partial charge in [-0.15, -0.1) is 0 Å². The van der Waals surface area contributed by atoms with Crippen LogP contribution in [0.5, 0.6) is 5.75 Å². The minimum atomic E-state index is -4.53. The van der Waals surface area contributed by atoms with E-state index in [2.05, 4.69) is 15.5 Å². The molecule has 3 N–H and O–H groups in total. The number of anilines is 1. The summed E-state index contributed by atoms with van der Waals surface area (Å²) < 4.78 is 38.8. The van der Waals surface area contributed by atoms with Crippen LogP contribution in [0.25, 0.3) is 0 Å². The number of nitrogens with zero attached hydrogens (tertiary/aromatic N) is 2. The molecule has 0 unspecified atom stereocenters. The normalized spacial score (nSPS) is 11.9. The maximum absolute atomic E-state index is 12.9. The average molecular weight is 415 g/mol. The summed E-state index contributed by atoms with van der Waals surface area (Å²) in [7, 11) is 0. The van der Waals surface area contributed by atoms with Crippen LogP contribution in [-0.2, 0) is 6.18 Å². The van der Waals surface area contributed by atoms with Crippen molar-refractivity contribution in [2.75, 3.05) is 5.32 Å². The number of amides is 1. The Balaban J connectivity index is 1.82. The zero-order chi connectivity index (χ0) is 21.9. The number of benzene rings is 2. The van der Waals surface area contributed by atoms with E-state index in [1.165, 1.54) is 42.6 Å². The SMILES string of the molecule is Cc1ccnc(C(=O)Nc2ccc(/C(=N/O)c3cccc(C(F)(F)F)c3)cc2)c1O. The summed E-state index contributed by atoms with van der Waals surface area (Å²) in [4.78, 5) is 16.2. The number of aromatic hydroxyl groups is 1. The van der Waals surface area contributed by atoms with Gasteiger partial charge in [-0.2, -0.15) is 13.2 Å². The van der Waals surface area contributed by atoms with Gasteiger partial charge in [0.1, 0.15) is 11.5 Å². The van der Waals surface area contributed by atoms with E-state index in [1.807, 2.05) is 0 Å². The van der Waals surface area contributed by atoms with E-state index in [4.69, 9.17) is 0 Å². The fraction of sp³-hybridized carbons (Fsp3) is 0.0952. The second-order valence-corrected chi connectivity index (χ2v) is 6.38. The summed E-state index contributed by atoms with van der Waals surface area (Å²) in [6.07, 6.45) is -3.13. The number of pyridine rings is 1. The van der Waals surface area contributed by atoms with Crippen LogP contribution in [0.1, 0.15) is 32.7 Å². The number of aryl methyl sites for hydroxylation is 1. The van der Waals surface area contributed by atoms with Gasteiger partial charge in [0.05, 0.1) is 5.56 Å². The van der Waals surface area contributed by atoms with Crippen LogP contribution in [0.3, 0.4) is 0 Å². The number of halogens is 3. The molecule has 0 saturated carbocycles. The second kappa shape index (κ2) is 8.24. The summed E-state index contributed by atoms with van der Waals surface area (Å²) >= 11 is 0. The van der Waals surface area contributed by atoms with Gasteiger partial charge < -0.3 is 15.6 Å². The first-order valence-electron chi connectivity index (χ1n) is 8.66. The van der Waals surface area contributed by atoms with Gasteiger partial charge >= 0.3 is 6.18 Å². The van der Waals surface area contributed by atoms with E-state index in [0.717, 1.165) is 12.1 Å². The van der Waals surface area contributed by atoms with Gasteiger partial charge in [0.15, 0.2) is 5.69 Å². The van der Waals surface area contributed by atoms with Gasteiger partial charge in [-0.25, -0.2) is 4.98 Å². The number of rotatable bonds is 4. The van der Waals surface area contributed by atoms with Crippen molar-refractivity contribution in [3.05, 3.63) is 88.7 Å². The summed E-state index contributed by atoms with van der Waals surface area (Å²) in [5, 5.41) is 25.0. The number of aromatic nitrogens is 1. The lowest BCUT2D eigenvalue weighted by atomic mass is 10.00. The average Bonchev–Trinajstić information content (AvgIpc) is 2.71. The predicted molar refractivity (Wildman–Crippen MR) is 104 cm³/mol. The fourth-order valence-electron chi connectivity index (χ4n) is 2.74. The van der Waals surface area contributed by atoms with Crippen LogP contribution >= 0.6 is 0 Å². The molecule has 0 radical (unpaired) electrons. The zero-order valence-corrected chi connectivity index (χ0v) is 15.6. The van der Waals surface area contributed by atoms with Crippen LogP contribution < -0.4 is 5.32 Å². The van der Waals surface area contributed by atoms with E-state index < -0.39 is 17.6 Å². The summed E-state index contributed by atoms with van der Waals surface area (Å²) in [5.41, 5.74) is 0.209. The number of carbonyl (C=O) groups is 1. The first kappa shape index (κ1) is 20.8. The van der Waals surface area contributed by atoms with Crippen molar-refractivity contribution in [3.8, 4) is 5.75 Å². The molecule has 154 valence electrons. The Hall–Kier alpha value is -3.88. The molecule has 0 spiro atoms. The Morgan fingerprint density at radius 3 is 2.40 bits per heavy atom. The van der Waals surface area contributed by atoms with Crippen molar-refractivity contribution in [3.63, 3.8) is 0 Å². The maximum atomic E-state index is 12.9. The molecule has 0 saturated heterocycles. The van der Waals surface area contributed by atoms with Crippen LogP contribution in [0.2, 0.25) is 0 Å². The number of carbonyl (C=O) groups excluding carboxylic acids is 1. The van der Waals surface area contributed by atoms with Crippen LogP contribution in [0.15, 0.2) is 65.9 Å². The smallest absolute Gasteiger partial charge is 0.416 e. The molecule has 3 rings (SSSR count). The van der Waals surface area contributed by atoms with Crippen LogP contribution in [0.4, 0.5) is 18.9 Å². The molecule has 6 nitrogen and oxygen atoms in total. The highest BCUT2D eigenvalue weighted by Crippen LogP contribution is 2.30. The molecule has 1 heterocycles. The molecule has 1 amide bonds. The van der Waals surface area contributed by atoms with Gasteiger partial charge in [0.25, 0.3) is 5.91 Å². The molecule has 1 aromatic heterocycles. The first-order valence-corrected chi connectivity index (χ1v) is 8.66. The largest absolute Gasteiger partial charge is 0.505 e. The Labute approximate surface area is 169 Å². The summed E-state index contributed by atoms with van der Waals surface area (Å²) in [6.45, 7) is 1.63. The zero-order valence-electron chi connectivity index (χ0n) is 15.6. The lowest BCUT2D eigenvalue weighted by molar-refractivity contribution is -0.137. The van der Waals surface area contributed by atoms with E-state index in [9.17, 15) is 28.3 Å². The fourth-order valence-corrected chi connectivity index (χ4v) is 2.74. The lowest BCUT2D eigenvalue weighted by Crippen LogP contribution is -2.14. The van der Waals surface area contributed by atoms with Crippen LogP contribution in [0, 0.1) is 6.92 Å². The van der Waals surface area contributed by atoms with Gasteiger partial charge in [0, 0.05) is 23.0 Å². The monoisotopic (exact) mass is 415 g/mol. The minimum Gasteiger partial charge on any atom is -0.505 e. The maximum Gasteiger partial charge on any atom is 0.416 e. The van der Waals surface area contributed by atoms with Crippen molar-refractivity contribution < 1.29 is 28.3 Å². The number of hydrogen-bond acceptors (Lipinski definition) is 5. The Bertz CT molecular complexity index is 1110. The standard InChI is InChI=1S/C21H16F3N3O3/c1-12-9-10-25-18(19(12)28)20(29)26-16-7-5-13(6-8-16)17(27-30)14-3-2-4-15(11-14)21(22,23)24/h2-11,28,30H,1H3,(H,26,29)/b27-17-. The molecule has 2 aromatic carbocycles. The number of hydrogen-bond donors (Lipinski definition) is 3. The van der Waals surface area contributed by atoms with Crippen molar-refractivity contribution in [2.45, 2.75) is 13.1 Å². The van der Waals surface area contributed by atoms with Crippen molar-refractivity contribution >= 4 is 17.3 Å². The quantitative estimate of drug-likeness (QED) is 0.330. The molecule has 30 heavy (non-hydrogen) atoms. The highest BCUT2D eigenvalue weighted by atomic mass is 19.4. The molecule has 3 aromatic rings. The van der Waals surface area contributed by atoms with Gasteiger partial charge in [-0.1, -0.05) is 29.4 Å². The Morgan fingerprint density at radius 2 is 1.77 bits per heavy atom. The molecule has 0 bridgehead atoms. The minimum absolute atomic E-state index is 0.0584. The van der Waals surface area contributed by atoms with E-state index >= 15 is 0 Å². The van der Waals surface area contributed by atoms with E-state index in [1.54, 1.807) is 13.0 Å². The van der Waals surface area contributed by atoms with Crippen molar-refractivity contribution in [2.24, 2.45) is 5.16 Å². The molecule has 0 aliphatic heterocycles. The Morgan fingerprint density at radius 1 is 1.07 bits per heavy atom. The highest BCUT2D eigenvalue weighted by Gasteiger charge is 2.30. The van der Waals surface area contributed by atoms with Gasteiger partial charge in [-0.3, -0.25) is 4.79 Å². The third-order valence-electron chi connectivity index (χ3n) is 4.32. The van der Waals surface area contributed by atoms with E-state index in [0.29, 0.717) is 16.8 Å². The molecular formula is C21H16F3N3O3. The molecule has 0 aliphatic carbocycles. The van der Waals surface area contributed by atoms with Gasteiger partial charge in [0.2, 0.25) is 0 Å². The van der Waals surface area contributed by atoms with Crippen molar-refractivity contribution in [1.82, 2.24) is 4.98 Å². The first-order chi connectivity index (χ1) is 14.2. The molecule has 0 aliphatic rings. The topological polar surface area (TPSA) is 94.8 Å². The summed E-state index contributed by atoms with van der Waals surface area (Å²) in [6, 6.07) is 11.9. The highest BCUT2D eigenvalue weighted by molar-refractivity contribution is 6.13. The van der Waals surface area contributed by atoms with Crippen molar-refractivity contribution in [1.29, 1.82) is 0 Å². The molecule has 0 atom stereocenters. The third kappa shape index (κ3) is 4.40. The third-order valence-corrected chi connectivity index (χ3v) is 4.32. The predicted octanol–water partition coefficient (Wildman–Crippen LogP) is 4.59. The van der Waals surface area contributed by atoms with Crippen LogP contribution in [-0.4, -0.2) is 26.9 Å². The number of oxime groups is 1. The van der Waals surface area contributed by atoms with Gasteiger partial charge in [-0.05, 0) is 42.8 Å². The van der Waals surface area contributed by atoms with E-state index in [-0.39, 0.29) is 22.7 Å². The number of nitrogens with one attached hydrogen (secondary N) is 1. The Kier molecular flexibility index (Phi) is 5.72. The lowest BCUT2D eigenvalue weighted by Gasteiger charge is -2.11.